The molecule has 0 spiro atoms. The maximum atomic E-state index is 12.2. The molecule has 0 saturated heterocycles. The van der Waals surface area contributed by atoms with Gasteiger partial charge in [-0.1, -0.05) is 23.7 Å². The molecular formula is C16H22ClN4O2+. The van der Waals surface area contributed by atoms with Gasteiger partial charge in [0, 0.05) is 7.05 Å². The Balaban J connectivity index is 2.55. The largest absolute Gasteiger partial charge is 0.323 e. The van der Waals surface area contributed by atoms with Gasteiger partial charge in [0.1, 0.15) is 5.54 Å². The van der Waals surface area contributed by atoms with Crippen LogP contribution < -0.4 is 10.2 Å². The monoisotopic (exact) mass is 337 g/mol. The number of nitrogens with one attached hydrogen (secondary N) is 2. The Morgan fingerprint density at radius 1 is 1.35 bits per heavy atom. The Kier molecular flexibility index (Phi) is 6.55. The maximum Gasteiger partial charge on any atom is 0.279 e. The number of carbonyl (C=O) groups is 2. The molecule has 2 amide bonds. The summed E-state index contributed by atoms with van der Waals surface area (Å²) in [5.41, 5.74) is -0.335. The molecule has 1 atom stereocenters. The van der Waals surface area contributed by atoms with E-state index in [4.69, 9.17) is 16.9 Å². The normalized spacial score (nSPS) is 12.2. The molecule has 23 heavy (non-hydrogen) atoms. The minimum absolute atomic E-state index is 0.123. The van der Waals surface area contributed by atoms with E-state index in [1.807, 2.05) is 0 Å². The van der Waals surface area contributed by atoms with Crippen LogP contribution in [0.5, 0.6) is 0 Å². The molecule has 0 saturated carbocycles. The molecule has 0 heterocycles. The summed E-state index contributed by atoms with van der Waals surface area (Å²) in [5, 5.41) is 12.2. The molecule has 1 aromatic carbocycles. The first kappa shape index (κ1) is 18.9. The van der Waals surface area contributed by atoms with Crippen molar-refractivity contribution in [1.29, 1.82) is 5.26 Å². The van der Waals surface area contributed by atoms with Gasteiger partial charge in [-0.05, 0) is 26.0 Å². The highest BCUT2D eigenvalue weighted by atomic mass is 35.5. The summed E-state index contributed by atoms with van der Waals surface area (Å²) in [6.07, 6.45) is 0. The number of nitrogens with zero attached hydrogens (tertiary/aromatic N) is 2. The number of nitriles is 1. The quantitative estimate of drug-likeness (QED) is 0.796. The van der Waals surface area contributed by atoms with Gasteiger partial charge in [0.05, 0.1) is 23.8 Å². The van der Waals surface area contributed by atoms with Crippen LogP contribution >= 0.6 is 11.6 Å². The number of hydrogen-bond donors (Lipinski definition) is 2. The zero-order valence-electron chi connectivity index (χ0n) is 13.8. The molecule has 7 heteroatoms. The zero-order chi connectivity index (χ0) is 17.6. The van der Waals surface area contributed by atoms with Crippen LogP contribution in [0.15, 0.2) is 24.3 Å². The summed E-state index contributed by atoms with van der Waals surface area (Å²) in [5.74, 6) is -0.426. The van der Waals surface area contributed by atoms with Gasteiger partial charge < -0.3 is 15.1 Å². The lowest BCUT2D eigenvalue weighted by molar-refractivity contribution is -0.862. The number of anilines is 1. The third-order valence-electron chi connectivity index (χ3n) is 3.55. The fraction of sp³-hybridized carbons (Fsp3) is 0.438. The van der Waals surface area contributed by atoms with E-state index in [2.05, 4.69) is 11.4 Å². The van der Waals surface area contributed by atoms with E-state index in [0.717, 1.165) is 4.90 Å². The van der Waals surface area contributed by atoms with Crippen LogP contribution in [0.25, 0.3) is 0 Å². The number of likely N-dealkylation sites (N-methyl/N-ethyl adjacent to an activating group) is 2. The zero-order valence-corrected chi connectivity index (χ0v) is 14.6. The number of benzene rings is 1. The molecule has 0 aliphatic carbocycles. The van der Waals surface area contributed by atoms with Crippen molar-refractivity contribution >= 4 is 29.1 Å². The van der Waals surface area contributed by atoms with Crippen molar-refractivity contribution in [1.82, 2.24) is 4.90 Å². The molecule has 0 bridgehead atoms. The lowest BCUT2D eigenvalue weighted by atomic mass is 10.1. The Morgan fingerprint density at radius 2 is 1.96 bits per heavy atom. The van der Waals surface area contributed by atoms with E-state index in [-0.39, 0.29) is 24.9 Å². The van der Waals surface area contributed by atoms with Gasteiger partial charge >= 0.3 is 0 Å². The molecule has 0 fully saturated rings. The molecule has 1 rings (SSSR count). The van der Waals surface area contributed by atoms with Crippen LogP contribution in [0.4, 0.5) is 5.69 Å². The highest BCUT2D eigenvalue weighted by Gasteiger charge is 2.29. The van der Waals surface area contributed by atoms with Crippen molar-refractivity contribution in [3.05, 3.63) is 29.3 Å². The number of quaternary nitrogens is 1. The average molecular weight is 338 g/mol. The molecular weight excluding hydrogens is 316 g/mol. The van der Waals surface area contributed by atoms with Crippen molar-refractivity contribution in [3.8, 4) is 6.07 Å². The van der Waals surface area contributed by atoms with E-state index in [9.17, 15) is 9.59 Å². The third kappa shape index (κ3) is 5.55. The summed E-state index contributed by atoms with van der Waals surface area (Å²) in [7, 11) is 3.33. The fourth-order valence-electron chi connectivity index (χ4n) is 1.86. The average Bonchev–Trinajstić information content (AvgIpc) is 2.48. The Hall–Kier alpha value is -2.10. The second-order valence-corrected chi connectivity index (χ2v) is 6.37. The Morgan fingerprint density at radius 3 is 2.52 bits per heavy atom. The molecule has 1 unspecified atom stereocenters. The highest BCUT2D eigenvalue weighted by molar-refractivity contribution is 6.33. The molecule has 0 radical (unpaired) electrons. The van der Waals surface area contributed by atoms with Crippen molar-refractivity contribution in [3.63, 3.8) is 0 Å². The Bertz CT molecular complexity index is 625. The van der Waals surface area contributed by atoms with Crippen LogP contribution in [-0.2, 0) is 9.59 Å². The lowest BCUT2D eigenvalue weighted by Gasteiger charge is -2.29. The minimum Gasteiger partial charge on any atom is -0.323 e. The van der Waals surface area contributed by atoms with E-state index in [0.29, 0.717) is 10.7 Å². The smallest absolute Gasteiger partial charge is 0.279 e. The van der Waals surface area contributed by atoms with Gasteiger partial charge in [0.2, 0.25) is 0 Å². The Labute approximate surface area is 141 Å². The number of halogens is 1. The number of hydrogen-bond acceptors (Lipinski definition) is 3. The standard InChI is InChI=1S/C16H21ClN4O2/c1-16(2,11-18)21(4)15(23)10-20(3)9-14(22)19-13-8-6-5-7-12(13)17/h5-8H,9-10H2,1-4H3,(H,19,22)/p+1. The number of para-hydroxylation sites is 1. The van der Waals surface area contributed by atoms with Gasteiger partial charge in [-0.2, -0.15) is 5.26 Å². The van der Waals surface area contributed by atoms with Crippen LogP contribution in [0, 0.1) is 11.3 Å². The molecule has 0 aromatic heterocycles. The van der Waals surface area contributed by atoms with Crippen molar-refractivity contribution in [2.75, 3.05) is 32.5 Å². The predicted octanol–water partition coefficient (Wildman–Crippen LogP) is 0.554. The number of carbonyl (C=O) groups excluding carboxylic acids is 2. The van der Waals surface area contributed by atoms with Crippen molar-refractivity contribution < 1.29 is 14.5 Å². The van der Waals surface area contributed by atoms with Gasteiger partial charge in [-0.15, -0.1) is 0 Å². The number of rotatable bonds is 6. The second-order valence-electron chi connectivity index (χ2n) is 5.96. The van der Waals surface area contributed by atoms with Crippen LogP contribution in [0.1, 0.15) is 13.8 Å². The summed E-state index contributed by atoms with van der Waals surface area (Å²) in [4.78, 5) is 26.3. The first-order chi connectivity index (χ1) is 10.7. The van der Waals surface area contributed by atoms with Crippen LogP contribution in [-0.4, -0.2) is 49.4 Å². The molecule has 2 N–H and O–H groups in total. The van der Waals surface area contributed by atoms with Crippen LogP contribution in [0.2, 0.25) is 5.02 Å². The van der Waals surface area contributed by atoms with Gasteiger partial charge in [-0.25, -0.2) is 0 Å². The summed E-state index contributed by atoms with van der Waals surface area (Å²) >= 11 is 5.98. The van der Waals surface area contributed by atoms with Gasteiger partial charge in [0.25, 0.3) is 11.8 Å². The van der Waals surface area contributed by atoms with E-state index >= 15 is 0 Å². The van der Waals surface area contributed by atoms with Crippen molar-refractivity contribution in [2.24, 2.45) is 0 Å². The third-order valence-corrected chi connectivity index (χ3v) is 3.88. The molecule has 124 valence electrons. The van der Waals surface area contributed by atoms with E-state index in [1.54, 1.807) is 52.2 Å². The summed E-state index contributed by atoms with van der Waals surface area (Å²) in [6, 6.07) is 9.04. The lowest BCUT2D eigenvalue weighted by Crippen LogP contribution is -3.11. The topological polar surface area (TPSA) is 77.6 Å². The summed E-state index contributed by atoms with van der Waals surface area (Å²) < 4.78 is 0. The second kappa shape index (κ2) is 7.95. The van der Waals surface area contributed by atoms with E-state index in [1.165, 1.54) is 4.90 Å². The first-order valence-electron chi connectivity index (χ1n) is 7.21. The molecule has 0 aliphatic rings. The maximum absolute atomic E-state index is 12.2. The fourth-order valence-corrected chi connectivity index (χ4v) is 2.04. The van der Waals surface area contributed by atoms with Crippen molar-refractivity contribution in [2.45, 2.75) is 19.4 Å². The van der Waals surface area contributed by atoms with E-state index < -0.39 is 5.54 Å². The van der Waals surface area contributed by atoms with Crippen LogP contribution in [0.3, 0.4) is 0 Å². The minimum atomic E-state index is -0.878. The first-order valence-corrected chi connectivity index (χ1v) is 7.58. The van der Waals surface area contributed by atoms with Gasteiger partial charge in [-0.3, -0.25) is 9.59 Å². The highest BCUT2D eigenvalue weighted by Crippen LogP contribution is 2.19. The molecule has 1 aromatic rings. The molecule has 6 nitrogen and oxygen atoms in total. The molecule has 0 aliphatic heterocycles. The summed E-state index contributed by atoms with van der Waals surface area (Å²) in [6.45, 7) is 3.59. The van der Waals surface area contributed by atoms with Gasteiger partial charge in [0.15, 0.2) is 13.1 Å². The predicted molar refractivity (Wildman–Crippen MR) is 89.2 cm³/mol. The SMILES string of the molecule is CN(C(=O)C[NH+](C)CC(=O)Nc1ccccc1Cl)C(C)(C)C#N. The number of amides is 2.